The van der Waals surface area contributed by atoms with Gasteiger partial charge < -0.3 is 16.0 Å². The SMILES string of the molecule is CCNC(=NCCc1cccc(C(=O)NC)c1)NC1CCN(CC(F)(F)F)C1.I. The van der Waals surface area contributed by atoms with E-state index in [0.717, 1.165) is 5.56 Å². The Hall–Kier alpha value is -1.56. The minimum atomic E-state index is -4.17. The van der Waals surface area contributed by atoms with Crippen molar-refractivity contribution in [2.75, 3.05) is 39.8 Å². The first-order chi connectivity index (χ1) is 13.3. The largest absolute Gasteiger partial charge is 0.401 e. The third-order valence-electron chi connectivity index (χ3n) is 4.45. The zero-order chi connectivity index (χ0) is 20.6. The van der Waals surface area contributed by atoms with Crippen molar-refractivity contribution in [1.29, 1.82) is 0 Å². The lowest BCUT2D eigenvalue weighted by molar-refractivity contribution is -0.143. The monoisotopic (exact) mass is 527 g/mol. The standard InChI is InChI=1S/C19H28F3N5O.HI/c1-3-24-18(26-16-8-10-27(12-16)13-19(20,21)22)25-9-7-14-5-4-6-15(11-14)17(28)23-2;/h4-6,11,16H,3,7-10,12-13H2,1-2H3,(H,23,28)(H2,24,25,26);1H. The lowest BCUT2D eigenvalue weighted by Crippen LogP contribution is -2.45. The first-order valence-electron chi connectivity index (χ1n) is 9.45. The van der Waals surface area contributed by atoms with Crippen molar-refractivity contribution in [2.24, 2.45) is 4.99 Å². The van der Waals surface area contributed by atoms with Crippen LogP contribution in [-0.4, -0.2) is 68.8 Å². The number of benzene rings is 1. The number of likely N-dealkylation sites (tertiary alicyclic amines) is 1. The predicted octanol–water partition coefficient (Wildman–Crippen LogP) is 2.40. The van der Waals surface area contributed by atoms with Gasteiger partial charge in [0, 0.05) is 44.8 Å². The maximum Gasteiger partial charge on any atom is 0.401 e. The topological polar surface area (TPSA) is 68.8 Å². The van der Waals surface area contributed by atoms with Gasteiger partial charge in [-0.1, -0.05) is 12.1 Å². The van der Waals surface area contributed by atoms with Crippen molar-refractivity contribution in [3.05, 3.63) is 35.4 Å². The Morgan fingerprint density at radius 1 is 1.34 bits per heavy atom. The second-order valence-corrected chi connectivity index (χ2v) is 6.77. The first-order valence-corrected chi connectivity index (χ1v) is 9.45. The fraction of sp³-hybridized carbons (Fsp3) is 0.579. The van der Waals surface area contributed by atoms with Crippen LogP contribution < -0.4 is 16.0 Å². The Bertz CT molecular complexity index is 684. The number of amides is 1. The molecule has 0 radical (unpaired) electrons. The van der Waals surface area contributed by atoms with E-state index >= 15 is 0 Å². The predicted molar refractivity (Wildman–Crippen MR) is 119 cm³/mol. The molecule has 0 saturated carbocycles. The second-order valence-electron chi connectivity index (χ2n) is 6.77. The lowest BCUT2D eigenvalue weighted by Gasteiger charge is -2.19. The molecule has 10 heteroatoms. The van der Waals surface area contributed by atoms with Gasteiger partial charge >= 0.3 is 6.18 Å². The molecule has 1 fully saturated rings. The van der Waals surface area contributed by atoms with Crippen molar-refractivity contribution in [3.63, 3.8) is 0 Å². The molecule has 0 aromatic heterocycles. The molecule has 2 rings (SSSR count). The fourth-order valence-corrected chi connectivity index (χ4v) is 3.17. The molecule has 1 atom stereocenters. The van der Waals surface area contributed by atoms with Crippen molar-refractivity contribution in [2.45, 2.75) is 32.0 Å². The van der Waals surface area contributed by atoms with Gasteiger partial charge in [-0.2, -0.15) is 13.2 Å². The van der Waals surface area contributed by atoms with E-state index in [1.54, 1.807) is 13.1 Å². The number of nitrogens with zero attached hydrogens (tertiary/aromatic N) is 2. The highest BCUT2D eigenvalue weighted by Gasteiger charge is 2.34. The Kier molecular flexibility index (Phi) is 10.7. The Labute approximate surface area is 186 Å². The molecule has 1 aromatic rings. The van der Waals surface area contributed by atoms with Crippen LogP contribution in [0.2, 0.25) is 0 Å². The van der Waals surface area contributed by atoms with Crippen LogP contribution in [0, 0.1) is 0 Å². The molecule has 0 spiro atoms. The fourth-order valence-electron chi connectivity index (χ4n) is 3.17. The molecule has 1 heterocycles. The van der Waals surface area contributed by atoms with E-state index in [2.05, 4.69) is 20.9 Å². The normalized spacial score (nSPS) is 17.6. The zero-order valence-electron chi connectivity index (χ0n) is 16.7. The van der Waals surface area contributed by atoms with E-state index in [1.807, 2.05) is 25.1 Å². The summed E-state index contributed by atoms with van der Waals surface area (Å²) in [7, 11) is 1.59. The van der Waals surface area contributed by atoms with Crippen LogP contribution >= 0.6 is 24.0 Å². The number of rotatable bonds is 7. The van der Waals surface area contributed by atoms with E-state index < -0.39 is 12.7 Å². The number of nitrogens with one attached hydrogen (secondary N) is 3. The average Bonchev–Trinajstić information content (AvgIpc) is 3.06. The molecule has 6 nitrogen and oxygen atoms in total. The average molecular weight is 527 g/mol. The molecular weight excluding hydrogens is 498 g/mol. The van der Waals surface area contributed by atoms with Crippen molar-refractivity contribution < 1.29 is 18.0 Å². The highest BCUT2D eigenvalue weighted by molar-refractivity contribution is 14.0. The number of hydrogen-bond acceptors (Lipinski definition) is 3. The Morgan fingerprint density at radius 3 is 2.76 bits per heavy atom. The molecule has 1 unspecified atom stereocenters. The third-order valence-corrected chi connectivity index (χ3v) is 4.45. The number of carbonyl (C=O) groups excluding carboxylic acids is 1. The second kappa shape index (κ2) is 12.2. The third kappa shape index (κ3) is 9.20. The van der Waals surface area contributed by atoms with Gasteiger partial charge in [-0.15, -0.1) is 24.0 Å². The summed E-state index contributed by atoms with van der Waals surface area (Å²) >= 11 is 0. The molecule has 1 aliphatic rings. The van der Waals surface area contributed by atoms with Gasteiger partial charge in [-0.3, -0.25) is 14.7 Å². The summed E-state index contributed by atoms with van der Waals surface area (Å²) in [5.41, 5.74) is 1.60. The van der Waals surface area contributed by atoms with Gasteiger partial charge in [0.2, 0.25) is 0 Å². The van der Waals surface area contributed by atoms with Crippen LogP contribution in [0.1, 0.15) is 29.3 Å². The highest BCUT2D eigenvalue weighted by Crippen LogP contribution is 2.19. The van der Waals surface area contributed by atoms with Crippen LogP contribution in [0.5, 0.6) is 0 Å². The van der Waals surface area contributed by atoms with E-state index in [4.69, 9.17) is 0 Å². The number of guanidine groups is 1. The van der Waals surface area contributed by atoms with Crippen molar-refractivity contribution in [3.8, 4) is 0 Å². The van der Waals surface area contributed by atoms with Crippen LogP contribution in [0.3, 0.4) is 0 Å². The number of aliphatic imine (C=N–C) groups is 1. The molecule has 164 valence electrons. The van der Waals surface area contributed by atoms with Gasteiger partial charge in [0.1, 0.15) is 0 Å². The summed E-state index contributed by atoms with van der Waals surface area (Å²) in [6.07, 6.45) is -2.86. The van der Waals surface area contributed by atoms with Gasteiger partial charge in [-0.05, 0) is 37.5 Å². The maximum absolute atomic E-state index is 12.5. The summed E-state index contributed by atoms with van der Waals surface area (Å²) in [6.45, 7) is 3.00. The quantitative estimate of drug-likeness (QED) is 0.290. The maximum atomic E-state index is 12.5. The molecular formula is C19H29F3IN5O. The molecule has 0 aliphatic carbocycles. The van der Waals surface area contributed by atoms with Gasteiger partial charge in [0.25, 0.3) is 5.91 Å². The van der Waals surface area contributed by atoms with E-state index in [0.29, 0.717) is 50.5 Å². The minimum absolute atomic E-state index is 0. The summed E-state index contributed by atoms with van der Waals surface area (Å²) in [4.78, 5) is 17.6. The van der Waals surface area contributed by atoms with Gasteiger partial charge in [0.15, 0.2) is 5.96 Å². The van der Waals surface area contributed by atoms with Crippen molar-refractivity contribution >= 4 is 35.8 Å². The Balaban J connectivity index is 0.00000420. The van der Waals surface area contributed by atoms with Crippen LogP contribution in [0.25, 0.3) is 0 Å². The zero-order valence-corrected chi connectivity index (χ0v) is 19.0. The van der Waals surface area contributed by atoms with Crippen LogP contribution in [0.4, 0.5) is 13.2 Å². The van der Waals surface area contributed by atoms with Gasteiger partial charge in [0.05, 0.1) is 6.54 Å². The van der Waals surface area contributed by atoms with Gasteiger partial charge in [-0.25, -0.2) is 0 Å². The number of carbonyl (C=O) groups is 1. The minimum Gasteiger partial charge on any atom is -0.357 e. The van der Waals surface area contributed by atoms with E-state index in [1.165, 1.54) is 4.90 Å². The number of alkyl halides is 3. The molecule has 0 bridgehead atoms. The highest BCUT2D eigenvalue weighted by atomic mass is 127. The number of hydrogen-bond donors (Lipinski definition) is 3. The van der Waals surface area contributed by atoms with Crippen LogP contribution in [0.15, 0.2) is 29.3 Å². The molecule has 29 heavy (non-hydrogen) atoms. The molecule has 1 amide bonds. The summed E-state index contributed by atoms with van der Waals surface area (Å²) in [6, 6.07) is 7.30. The lowest BCUT2D eigenvalue weighted by atomic mass is 10.1. The number of halogens is 4. The van der Waals surface area contributed by atoms with E-state index in [9.17, 15) is 18.0 Å². The van der Waals surface area contributed by atoms with Crippen molar-refractivity contribution in [1.82, 2.24) is 20.9 Å². The molecule has 1 aromatic carbocycles. The smallest absolute Gasteiger partial charge is 0.357 e. The van der Waals surface area contributed by atoms with E-state index in [-0.39, 0.29) is 35.9 Å². The summed E-state index contributed by atoms with van der Waals surface area (Å²) in [5.74, 6) is 0.466. The first kappa shape index (κ1) is 25.5. The Morgan fingerprint density at radius 2 is 2.10 bits per heavy atom. The summed E-state index contributed by atoms with van der Waals surface area (Å²) < 4.78 is 37.6. The molecule has 3 N–H and O–H groups in total. The molecule has 1 aliphatic heterocycles. The van der Waals surface area contributed by atoms with Crippen LogP contribution in [-0.2, 0) is 6.42 Å². The summed E-state index contributed by atoms with van der Waals surface area (Å²) in [5, 5.41) is 8.95. The molecule has 1 saturated heterocycles.